The van der Waals surface area contributed by atoms with Crippen LogP contribution in [-0.2, 0) is 29.3 Å². The van der Waals surface area contributed by atoms with Gasteiger partial charge in [0, 0.05) is 24.7 Å². The molecule has 3 aromatic rings. The Bertz CT molecular complexity index is 1910. The maximum atomic E-state index is 13.9. The van der Waals surface area contributed by atoms with Gasteiger partial charge < -0.3 is 29.3 Å². The summed E-state index contributed by atoms with van der Waals surface area (Å²) < 4.78 is 98.0. The highest BCUT2D eigenvalue weighted by molar-refractivity contribution is 7.92. The number of fused-ring (bicyclic) bond motifs is 1. The number of halogens is 2. The van der Waals surface area contributed by atoms with E-state index in [0.29, 0.717) is 30.2 Å². The molecule has 2 aromatic carbocycles. The number of para-hydroxylation sites is 1. The van der Waals surface area contributed by atoms with Crippen molar-refractivity contribution in [1.29, 1.82) is 0 Å². The average Bonchev–Trinajstić information content (AvgIpc) is 3.47. The number of amides is 1. The molecule has 1 aromatic heterocycles. The molecule has 1 amide bonds. The SMILES string of the molecule is CC(C)(C)OC(=O)N(C[C@H](O)COc1cccc(S(=O)(=O)C(F)(F)CO)c1)[C@H]1COC2(CCN(S(=O)(=O)c3cnc4ccccc4c3)CC2)C1. The lowest BCUT2D eigenvalue weighted by atomic mass is 9.88. The summed E-state index contributed by atoms with van der Waals surface area (Å²) in [6.07, 6.45) is 0.403. The van der Waals surface area contributed by atoms with Crippen molar-refractivity contribution in [1.82, 2.24) is 14.2 Å². The van der Waals surface area contributed by atoms with Gasteiger partial charge in [-0.3, -0.25) is 4.98 Å². The van der Waals surface area contributed by atoms with Crippen LogP contribution in [0.2, 0.25) is 0 Å². The Balaban J connectivity index is 1.24. The highest BCUT2D eigenvalue weighted by Gasteiger charge is 2.48. The van der Waals surface area contributed by atoms with Crippen molar-refractivity contribution < 1.29 is 54.8 Å². The van der Waals surface area contributed by atoms with Crippen molar-refractivity contribution in [2.45, 2.75) is 78.4 Å². The summed E-state index contributed by atoms with van der Waals surface area (Å²) >= 11 is 0. The molecule has 1 spiro atoms. The first-order valence-electron chi connectivity index (χ1n) is 16.0. The minimum Gasteiger partial charge on any atom is -0.491 e. The van der Waals surface area contributed by atoms with E-state index in [-0.39, 0.29) is 36.9 Å². The smallest absolute Gasteiger partial charge is 0.410 e. The van der Waals surface area contributed by atoms with Gasteiger partial charge in [-0.05, 0) is 70.4 Å². The van der Waals surface area contributed by atoms with Gasteiger partial charge in [-0.15, -0.1) is 0 Å². The molecule has 2 atom stereocenters. The van der Waals surface area contributed by atoms with Crippen molar-refractivity contribution in [3.05, 3.63) is 60.8 Å². The number of aliphatic hydroxyl groups excluding tert-OH is 2. The lowest BCUT2D eigenvalue weighted by Gasteiger charge is -2.38. The number of rotatable bonds is 11. The number of hydrogen-bond acceptors (Lipinski definition) is 11. The van der Waals surface area contributed by atoms with Gasteiger partial charge in [0.15, 0.2) is 0 Å². The molecule has 0 aliphatic carbocycles. The summed E-state index contributed by atoms with van der Waals surface area (Å²) in [5.74, 6) is -0.132. The first kappa shape index (κ1) is 37.8. The molecule has 2 aliphatic heterocycles. The minimum atomic E-state index is -5.20. The number of aliphatic hydroxyl groups is 2. The topological polar surface area (TPSA) is 173 Å². The Labute approximate surface area is 289 Å². The first-order valence-corrected chi connectivity index (χ1v) is 18.9. The van der Waals surface area contributed by atoms with Crippen LogP contribution in [0.1, 0.15) is 40.0 Å². The fourth-order valence-corrected chi connectivity index (χ4v) is 8.46. The first-order chi connectivity index (χ1) is 23.4. The maximum absolute atomic E-state index is 13.9. The average molecular weight is 742 g/mol. The minimum absolute atomic E-state index is 0.0983. The highest BCUT2D eigenvalue weighted by atomic mass is 32.2. The molecular weight excluding hydrogens is 701 g/mol. The van der Waals surface area contributed by atoms with E-state index in [2.05, 4.69) is 4.98 Å². The Morgan fingerprint density at radius 1 is 1.08 bits per heavy atom. The van der Waals surface area contributed by atoms with Crippen LogP contribution in [0.25, 0.3) is 10.9 Å². The van der Waals surface area contributed by atoms with E-state index in [9.17, 15) is 35.5 Å². The number of carbonyl (C=O) groups excluding carboxylic acids is 1. The summed E-state index contributed by atoms with van der Waals surface area (Å²) in [6, 6.07) is 12.6. The Morgan fingerprint density at radius 3 is 2.46 bits per heavy atom. The van der Waals surface area contributed by atoms with Gasteiger partial charge in [0.1, 0.15) is 35.6 Å². The summed E-state index contributed by atoms with van der Waals surface area (Å²) in [5.41, 5.74) is -0.900. The number of hydrogen-bond donors (Lipinski definition) is 2. The molecule has 13 nitrogen and oxygen atoms in total. The highest BCUT2D eigenvalue weighted by Crippen LogP contribution is 2.39. The van der Waals surface area contributed by atoms with E-state index in [1.54, 1.807) is 39.0 Å². The van der Waals surface area contributed by atoms with Crippen molar-refractivity contribution in [3.63, 3.8) is 0 Å². The molecule has 0 radical (unpaired) electrons. The molecule has 274 valence electrons. The van der Waals surface area contributed by atoms with Crippen molar-refractivity contribution in [3.8, 4) is 5.75 Å². The third-order valence-electron chi connectivity index (χ3n) is 8.64. The summed E-state index contributed by atoms with van der Waals surface area (Å²) in [6.45, 7) is 2.95. The van der Waals surface area contributed by atoms with Crippen molar-refractivity contribution in [2.75, 3.05) is 39.5 Å². The predicted octanol–water partition coefficient (Wildman–Crippen LogP) is 3.58. The van der Waals surface area contributed by atoms with Gasteiger partial charge in [0.2, 0.25) is 19.9 Å². The lowest BCUT2D eigenvalue weighted by Crippen LogP contribution is -2.50. The number of sulfone groups is 1. The van der Waals surface area contributed by atoms with E-state index in [1.165, 1.54) is 27.5 Å². The molecular formula is C33H41F2N3O10S2. The third-order valence-corrected chi connectivity index (χ3v) is 12.3. The largest absolute Gasteiger partial charge is 0.491 e. The number of pyridine rings is 1. The maximum Gasteiger partial charge on any atom is 0.410 e. The van der Waals surface area contributed by atoms with Crippen LogP contribution in [-0.4, -0.2) is 115 Å². The molecule has 0 bridgehead atoms. The zero-order valence-electron chi connectivity index (χ0n) is 27.9. The number of aromatic nitrogens is 1. The lowest BCUT2D eigenvalue weighted by molar-refractivity contribution is -0.0329. The second-order valence-corrected chi connectivity index (χ2v) is 17.5. The molecule has 0 saturated carbocycles. The zero-order chi connectivity index (χ0) is 36.5. The molecule has 17 heteroatoms. The predicted molar refractivity (Wildman–Crippen MR) is 177 cm³/mol. The van der Waals surface area contributed by atoms with Crippen LogP contribution in [0.15, 0.2) is 70.6 Å². The van der Waals surface area contributed by atoms with Gasteiger partial charge >= 0.3 is 11.3 Å². The van der Waals surface area contributed by atoms with Crippen LogP contribution < -0.4 is 4.74 Å². The second kappa shape index (κ2) is 14.3. The monoisotopic (exact) mass is 741 g/mol. The third kappa shape index (κ3) is 8.18. The summed E-state index contributed by atoms with van der Waals surface area (Å²) in [7, 11) is -9.03. The molecule has 2 fully saturated rings. The van der Waals surface area contributed by atoms with Gasteiger partial charge in [-0.2, -0.15) is 13.1 Å². The van der Waals surface area contributed by atoms with Gasteiger partial charge in [-0.25, -0.2) is 21.6 Å². The normalized spacial score (nSPS) is 19.4. The molecule has 2 saturated heterocycles. The van der Waals surface area contributed by atoms with Gasteiger partial charge in [0.25, 0.3) is 0 Å². The zero-order valence-corrected chi connectivity index (χ0v) is 29.5. The Morgan fingerprint density at radius 2 is 1.78 bits per heavy atom. The number of ether oxygens (including phenoxy) is 3. The van der Waals surface area contributed by atoms with Gasteiger partial charge in [-0.1, -0.05) is 24.3 Å². The summed E-state index contributed by atoms with van der Waals surface area (Å²) in [4.78, 5) is 18.3. The standard InChI is InChI=1S/C33H41F2N3O10S2/c1-31(2,3)48-30(41)38(19-25(40)21-46-26-8-6-9-27(16-26)49(42,43)33(34,35)22-39)24-17-32(47-20-24)11-13-37(14-12-32)50(44,45)28-15-23-7-4-5-10-29(23)36-18-28/h4-10,15-16,18,24-25,39-40H,11-14,17,19-22H2,1-3H3/t24-,25+/m1/s1. The quantitative estimate of drug-likeness (QED) is 0.294. The Kier molecular flexibility index (Phi) is 10.8. The van der Waals surface area contributed by atoms with E-state index >= 15 is 0 Å². The van der Waals surface area contributed by atoms with Crippen LogP contribution in [0.3, 0.4) is 0 Å². The molecule has 3 heterocycles. The van der Waals surface area contributed by atoms with E-state index in [4.69, 9.17) is 19.3 Å². The van der Waals surface area contributed by atoms with Crippen LogP contribution in [0, 0.1) is 0 Å². The molecule has 5 rings (SSSR count). The number of alkyl halides is 2. The van der Waals surface area contributed by atoms with Crippen LogP contribution in [0.5, 0.6) is 5.75 Å². The Hall–Kier alpha value is -3.48. The fourth-order valence-electron chi connectivity index (χ4n) is 6.00. The van der Waals surface area contributed by atoms with Crippen molar-refractivity contribution >= 4 is 36.9 Å². The molecule has 50 heavy (non-hydrogen) atoms. The van der Waals surface area contributed by atoms with Crippen LogP contribution >= 0.6 is 0 Å². The fraction of sp³-hybridized carbons (Fsp3) is 0.515. The number of piperidine rings is 1. The van der Waals surface area contributed by atoms with E-state index < -0.39 is 72.7 Å². The number of carbonyl (C=O) groups is 1. The molecule has 0 unspecified atom stereocenters. The molecule has 2 N–H and O–H groups in total. The van der Waals surface area contributed by atoms with E-state index in [1.807, 2.05) is 12.1 Å². The number of benzene rings is 2. The number of nitrogens with zero attached hydrogens (tertiary/aromatic N) is 3. The van der Waals surface area contributed by atoms with E-state index in [0.717, 1.165) is 12.1 Å². The second-order valence-electron chi connectivity index (χ2n) is 13.5. The van der Waals surface area contributed by atoms with Crippen LogP contribution in [0.4, 0.5) is 13.6 Å². The number of sulfonamides is 1. The summed E-state index contributed by atoms with van der Waals surface area (Å²) in [5, 5.41) is 16.1. The molecule has 2 aliphatic rings. The van der Waals surface area contributed by atoms with Crippen molar-refractivity contribution in [2.24, 2.45) is 0 Å². The van der Waals surface area contributed by atoms with Gasteiger partial charge in [0.05, 0.1) is 35.2 Å².